The Morgan fingerprint density at radius 2 is 2.00 bits per heavy atom. The van der Waals surface area contributed by atoms with E-state index in [1.54, 1.807) is 0 Å². The van der Waals surface area contributed by atoms with E-state index in [1.165, 1.54) is 0 Å². The third kappa shape index (κ3) is 7.37. The number of ether oxygens (including phenoxy) is 1. The van der Waals surface area contributed by atoms with E-state index in [0.717, 1.165) is 37.4 Å². The van der Waals surface area contributed by atoms with Gasteiger partial charge in [0, 0.05) is 19.5 Å². The second-order valence-electron chi connectivity index (χ2n) is 5.60. The first-order valence-electron chi connectivity index (χ1n) is 8.60. The number of hydrogen-bond donors (Lipinski definition) is 2. The number of nitrogens with zero attached hydrogens (tertiary/aromatic N) is 1. The fourth-order valence-electron chi connectivity index (χ4n) is 2.34. The van der Waals surface area contributed by atoms with Crippen LogP contribution in [-0.4, -0.2) is 43.6 Å². The molecular formula is C18H31N3O2. The lowest BCUT2D eigenvalue weighted by molar-refractivity contribution is -0.121. The third-order valence-electron chi connectivity index (χ3n) is 3.82. The van der Waals surface area contributed by atoms with E-state index in [-0.39, 0.29) is 5.91 Å². The van der Waals surface area contributed by atoms with Crippen LogP contribution in [0.1, 0.15) is 39.2 Å². The minimum atomic E-state index is 0.0852. The zero-order chi connectivity index (χ0) is 17.1. The molecule has 5 nitrogen and oxygen atoms in total. The maximum Gasteiger partial charge on any atom is 0.220 e. The van der Waals surface area contributed by atoms with Gasteiger partial charge in [0.25, 0.3) is 0 Å². The van der Waals surface area contributed by atoms with E-state index >= 15 is 0 Å². The standard InChI is InChI=1S/C18H31N3O2/c1-4-13-23-17-9-7-15(14-16(17)19)8-10-18(22)20-11-12-21(5-2)6-3/h7,9,14H,4-6,8,10-13,19H2,1-3H3,(H,20,22). The SMILES string of the molecule is CCCOc1ccc(CCC(=O)NCCN(CC)CC)cc1N. The summed E-state index contributed by atoms with van der Waals surface area (Å²) in [5.41, 5.74) is 7.68. The topological polar surface area (TPSA) is 67.6 Å². The van der Waals surface area contributed by atoms with Gasteiger partial charge in [-0.2, -0.15) is 0 Å². The number of amides is 1. The van der Waals surface area contributed by atoms with Gasteiger partial charge < -0.3 is 20.7 Å². The van der Waals surface area contributed by atoms with E-state index < -0.39 is 0 Å². The Kier molecular flexibility index (Phi) is 9.14. The Morgan fingerprint density at radius 1 is 1.26 bits per heavy atom. The third-order valence-corrected chi connectivity index (χ3v) is 3.82. The Balaban J connectivity index is 2.34. The summed E-state index contributed by atoms with van der Waals surface area (Å²) in [6, 6.07) is 5.76. The highest BCUT2D eigenvalue weighted by atomic mass is 16.5. The highest BCUT2D eigenvalue weighted by Gasteiger charge is 2.06. The highest BCUT2D eigenvalue weighted by molar-refractivity contribution is 5.76. The van der Waals surface area contributed by atoms with Gasteiger partial charge in [-0.3, -0.25) is 4.79 Å². The van der Waals surface area contributed by atoms with Crippen LogP contribution in [0.15, 0.2) is 18.2 Å². The molecule has 0 unspecified atom stereocenters. The van der Waals surface area contributed by atoms with Gasteiger partial charge in [0.15, 0.2) is 0 Å². The molecule has 1 rings (SSSR count). The number of rotatable bonds is 11. The number of nitrogens with one attached hydrogen (secondary N) is 1. The fourth-order valence-corrected chi connectivity index (χ4v) is 2.34. The van der Waals surface area contributed by atoms with Crippen LogP contribution in [0.3, 0.4) is 0 Å². The number of likely N-dealkylation sites (N-methyl/N-ethyl adjacent to an activating group) is 1. The van der Waals surface area contributed by atoms with Crippen LogP contribution in [0.4, 0.5) is 5.69 Å². The van der Waals surface area contributed by atoms with Crippen molar-refractivity contribution in [3.63, 3.8) is 0 Å². The average Bonchev–Trinajstić information content (AvgIpc) is 2.56. The van der Waals surface area contributed by atoms with E-state index in [2.05, 4.69) is 31.0 Å². The molecule has 0 heterocycles. The molecule has 0 aliphatic heterocycles. The molecule has 1 aromatic rings. The van der Waals surface area contributed by atoms with E-state index in [9.17, 15) is 4.79 Å². The first kappa shape index (κ1) is 19.3. The van der Waals surface area contributed by atoms with Crippen LogP contribution in [0, 0.1) is 0 Å². The molecule has 0 aromatic heterocycles. The number of carbonyl (C=O) groups excluding carboxylic acids is 1. The molecular weight excluding hydrogens is 290 g/mol. The summed E-state index contributed by atoms with van der Waals surface area (Å²) >= 11 is 0. The Hall–Kier alpha value is -1.75. The molecule has 1 aromatic carbocycles. The molecule has 5 heteroatoms. The molecule has 0 spiro atoms. The van der Waals surface area contributed by atoms with Crippen molar-refractivity contribution in [2.45, 2.75) is 40.0 Å². The zero-order valence-electron chi connectivity index (χ0n) is 14.7. The number of hydrogen-bond acceptors (Lipinski definition) is 4. The van der Waals surface area contributed by atoms with Crippen molar-refractivity contribution in [2.75, 3.05) is 38.5 Å². The summed E-state index contributed by atoms with van der Waals surface area (Å²) in [5, 5.41) is 2.97. The average molecular weight is 321 g/mol. The molecule has 3 N–H and O–H groups in total. The lowest BCUT2D eigenvalue weighted by atomic mass is 10.1. The van der Waals surface area contributed by atoms with Crippen molar-refractivity contribution < 1.29 is 9.53 Å². The molecule has 0 radical (unpaired) electrons. The summed E-state index contributed by atoms with van der Waals surface area (Å²) in [6.45, 7) is 10.6. The Labute approximate surface area is 140 Å². The van der Waals surface area contributed by atoms with Crippen molar-refractivity contribution in [3.05, 3.63) is 23.8 Å². The summed E-state index contributed by atoms with van der Waals surface area (Å²) in [6.07, 6.45) is 2.12. The number of nitrogen functional groups attached to an aromatic ring is 1. The van der Waals surface area contributed by atoms with Crippen molar-refractivity contribution in [2.24, 2.45) is 0 Å². The molecule has 0 aliphatic carbocycles. The van der Waals surface area contributed by atoms with Gasteiger partial charge in [-0.25, -0.2) is 0 Å². The molecule has 1 amide bonds. The summed E-state index contributed by atoms with van der Waals surface area (Å²) < 4.78 is 5.55. The van der Waals surface area contributed by atoms with Crippen molar-refractivity contribution in [3.8, 4) is 5.75 Å². The van der Waals surface area contributed by atoms with Crippen LogP contribution >= 0.6 is 0 Å². The molecule has 0 fully saturated rings. The lowest BCUT2D eigenvalue weighted by Gasteiger charge is -2.17. The molecule has 0 aliphatic rings. The van der Waals surface area contributed by atoms with E-state index in [0.29, 0.717) is 31.7 Å². The monoisotopic (exact) mass is 321 g/mol. The van der Waals surface area contributed by atoms with Crippen LogP contribution in [0.25, 0.3) is 0 Å². The van der Waals surface area contributed by atoms with Gasteiger partial charge in [0.1, 0.15) is 5.75 Å². The Morgan fingerprint density at radius 3 is 2.61 bits per heavy atom. The normalized spacial score (nSPS) is 10.8. The number of nitrogens with two attached hydrogens (primary N) is 1. The zero-order valence-corrected chi connectivity index (χ0v) is 14.7. The number of aryl methyl sites for hydroxylation is 1. The summed E-state index contributed by atoms with van der Waals surface area (Å²) in [7, 11) is 0. The van der Waals surface area contributed by atoms with Crippen molar-refractivity contribution >= 4 is 11.6 Å². The fraction of sp³-hybridized carbons (Fsp3) is 0.611. The maximum atomic E-state index is 11.9. The van der Waals surface area contributed by atoms with Gasteiger partial charge >= 0.3 is 0 Å². The van der Waals surface area contributed by atoms with Crippen LogP contribution in [-0.2, 0) is 11.2 Å². The van der Waals surface area contributed by atoms with E-state index in [1.807, 2.05) is 18.2 Å². The summed E-state index contributed by atoms with van der Waals surface area (Å²) in [5.74, 6) is 0.807. The quantitative estimate of drug-likeness (QED) is 0.614. The second-order valence-corrected chi connectivity index (χ2v) is 5.60. The van der Waals surface area contributed by atoms with Gasteiger partial charge in [0.05, 0.1) is 12.3 Å². The predicted octanol–water partition coefficient (Wildman–Crippen LogP) is 2.45. The first-order chi connectivity index (χ1) is 11.1. The minimum absolute atomic E-state index is 0.0852. The number of anilines is 1. The van der Waals surface area contributed by atoms with Gasteiger partial charge in [-0.15, -0.1) is 0 Å². The summed E-state index contributed by atoms with van der Waals surface area (Å²) in [4.78, 5) is 14.2. The van der Waals surface area contributed by atoms with E-state index in [4.69, 9.17) is 10.5 Å². The van der Waals surface area contributed by atoms with Crippen LogP contribution in [0.5, 0.6) is 5.75 Å². The second kappa shape index (κ2) is 10.9. The van der Waals surface area contributed by atoms with Gasteiger partial charge in [0.2, 0.25) is 5.91 Å². The molecule has 0 saturated carbocycles. The maximum absolute atomic E-state index is 11.9. The number of benzene rings is 1. The van der Waals surface area contributed by atoms with Gasteiger partial charge in [-0.1, -0.05) is 26.8 Å². The van der Waals surface area contributed by atoms with Crippen LogP contribution in [0.2, 0.25) is 0 Å². The van der Waals surface area contributed by atoms with Crippen molar-refractivity contribution in [1.82, 2.24) is 10.2 Å². The molecule has 0 atom stereocenters. The first-order valence-corrected chi connectivity index (χ1v) is 8.60. The highest BCUT2D eigenvalue weighted by Crippen LogP contribution is 2.23. The Bertz CT molecular complexity index is 473. The largest absolute Gasteiger partial charge is 0.491 e. The predicted molar refractivity (Wildman–Crippen MR) is 95.8 cm³/mol. The molecule has 130 valence electrons. The lowest BCUT2D eigenvalue weighted by Crippen LogP contribution is -2.34. The molecule has 23 heavy (non-hydrogen) atoms. The molecule has 0 saturated heterocycles. The van der Waals surface area contributed by atoms with Gasteiger partial charge in [-0.05, 0) is 43.6 Å². The van der Waals surface area contributed by atoms with Crippen LogP contribution < -0.4 is 15.8 Å². The smallest absolute Gasteiger partial charge is 0.220 e. The van der Waals surface area contributed by atoms with Crippen molar-refractivity contribution in [1.29, 1.82) is 0 Å². The number of carbonyl (C=O) groups is 1. The molecule has 0 bridgehead atoms. The minimum Gasteiger partial charge on any atom is -0.491 e.